The lowest BCUT2D eigenvalue weighted by Gasteiger charge is -2.31. The van der Waals surface area contributed by atoms with Gasteiger partial charge in [-0.3, -0.25) is 14.5 Å². The van der Waals surface area contributed by atoms with E-state index >= 15 is 0 Å². The van der Waals surface area contributed by atoms with Gasteiger partial charge in [0.2, 0.25) is 6.79 Å². The summed E-state index contributed by atoms with van der Waals surface area (Å²) >= 11 is 0. The van der Waals surface area contributed by atoms with Crippen LogP contribution in [0.1, 0.15) is 17.2 Å². The SMILES string of the molecule is COc1ccccc1[C@H]1C(=C(O)c2ccc3c(c2)OCO3)C(=O)C(=O)N1CCN1CCOCC1. The number of hydrogen-bond acceptors (Lipinski definition) is 8. The van der Waals surface area contributed by atoms with Gasteiger partial charge in [-0.2, -0.15) is 0 Å². The number of fused-ring (bicyclic) bond motifs is 1. The number of Topliss-reactive ketones (excluding diaryl/α,β-unsaturated/α-hetero) is 1. The topological polar surface area (TPSA) is 97.8 Å². The molecule has 2 fully saturated rings. The number of para-hydroxylation sites is 1. The summed E-state index contributed by atoms with van der Waals surface area (Å²) in [5, 5.41) is 11.3. The molecule has 2 aromatic rings. The number of carbonyl (C=O) groups is 2. The van der Waals surface area contributed by atoms with Crippen LogP contribution in [0, 0.1) is 0 Å². The number of methoxy groups -OCH3 is 1. The number of likely N-dealkylation sites (tertiary alicyclic amines) is 1. The fourth-order valence-corrected chi connectivity index (χ4v) is 4.60. The molecule has 0 spiro atoms. The minimum atomic E-state index is -0.789. The Morgan fingerprint density at radius 3 is 2.62 bits per heavy atom. The van der Waals surface area contributed by atoms with Crippen molar-refractivity contribution in [2.45, 2.75) is 6.04 Å². The second kappa shape index (κ2) is 9.36. The van der Waals surface area contributed by atoms with E-state index in [4.69, 9.17) is 18.9 Å². The van der Waals surface area contributed by atoms with E-state index in [0.717, 1.165) is 13.1 Å². The highest BCUT2D eigenvalue weighted by Gasteiger charge is 2.47. The molecule has 0 aliphatic carbocycles. The summed E-state index contributed by atoms with van der Waals surface area (Å²) in [7, 11) is 1.54. The summed E-state index contributed by atoms with van der Waals surface area (Å²) in [5.41, 5.74) is 1.03. The molecule has 0 unspecified atom stereocenters. The van der Waals surface area contributed by atoms with E-state index in [2.05, 4.69) is 4.90 Å². The fraction of sp³-hybridized carbons (Fsp3) is 0.360. The summed E-state index contributed by atoms with van der Waals surface area (Å²) in [6.07, 6.45) is 0. The Kier molecular flexibility index (Phi) is 6.12. The number of nitrogens with zero attached hydrogens (tertiary/aromatic N) is 2. The molecule has 1 amide bonds. The molecule has 3 heterocycles. The van der Waals surface area contributed by atoms with Crippen LogP contribution in [0.15, 0.2) is 48.0 Å². The molecule has 1 atom stereocenters. The Balaban J connectivity index is 1.56. The number of morpholine rings is 1. The summed E-state index contributed by atoms with van der Waals surface area (Å²) in [6, 6.07) is 11.4. The van der Waals surface area contributed by atoms with Crippen molar-refractivity contribution < 1.29 is 33.6 Å². The number of carbonyl (C=O) groups excluding carboxylic acids is 2. The smallest absolute Gasteiger partial charge is 0.295 e. The standard InChI is InChI=1S/C25H26N2O7/c1-31-18-5-3-2-4-17(18)22-21(23(28)16-6-7-19-20(14-16)34-15-33-19)24(29)25(30)27(22)9-8-26-10-12-32-13-11-26/h2-7,14,22,28H,8-13,15H2,1H3/t22-/m0/s1. The van der Waals surface area contributed by atoms with Crippen LogP contribution in [0.5, 0.6) is 17.2 Å². The van der Waals surface area contributed by atoms with E-state index in [-0.39, 0.29) is 18.1 Å². The number of ether oxygens (including phenoxy) is 4. The van der Waals surface area contributed by atoms with E-state index < -0.39 is 17.7 Å². The van der Waals surface area contributed by atoms with Crippen LogP contribution in [0.4, 0.5) is 0 Å². The van der Waals surface area contributed by atoms with Gasteiger partial charge in [-0.15, -0.1) is 0 Å². The molecule has 0 aromatic heterocycles. The lowest BCUT2D eigenvalue weighted by molar-refractivity contribution is -0.140. The highest BCUT2D eigenvalue weighted by molar-refractivity contribution is 6.46. The molecule has 2 saturated heterocycles. The molecule has 2 aromatic carbocycles. The monoisotopic (exact) mass is 466 g/mol. The van der Waals surface area contributed by atoms with Crippen molar-refractivity contribution in [1.29, 1.82) is 0 Å². The predicted molar refractivity (Wildman–Crippen MR) is 122 cm³/mol. The van der Waals surface area contributed by atoms with E-state index in [1.165, 1.54) is 12.0 Å². The zero-order valence-corrected chi connectivity index (χ0v) is 18.9. The number of ketones is 1. The van der Waals surface area contributed by atoms with Crippen LogP contribution in [0.25, 0.3) is 5.76 Å². The first-order valence-corrected chi connectivity index (χ1v) is 11.2. The highest BCUT2D eigenvalue weighted by atomic mass is 16.7. The van der Waals surface area contributed by atoms with Crippen LogP contribution in [0.3, 0.4) is 0 Å². The number of rotatable bonds is 6. The molecule has 0 bridgehead atoms. The van der Waals surface area contributed by atoms with Crippen molar-refractivity contribution in [3.05, 3.63) is 59.2 Å². The van der Waals surface area contributed by atoms with E-state index in [1.54, 1.807) is 24.3 Å². The molecular formula is C25H26N2O7. The zero-order valence-electron chi connectivity index (χ0n) is 18.9. The number of benzene rings is 2. The van der Waals surface area contributed by atoms with Crippen molar-refractivity contribution in [3.8, 4) is 17.2 Å². The first-order valence-electron chi connectivity index (χ1n) is 11.2. The van der Waals surface area contributed by atoms with Crippen LogP contribution < -0.4 is 14.2 Å². The summed E-state index contributed by atoms with van der Waals surface area (Å²) in [4.78, 5) is 30.2. The highest BCUT2D eigenvalue weighted by Crippen LogP contribution is 2.43. The van der Waals surface area contributed by atoms with Crippen molar-refractivity contribution in [3.63, 3.8) is 0 Å². The Morgan fingerprint density at radius 2 is 1.82 bits per heavy atom. The van der Waals surface area contributed by atoms with Gasteiger partial charge in [0.05, 0.1) is 31.9 Å². The van der Waals surface area contributed by atoms with Crippen LogP contribution in [-0.2, 0) is 14.3 Å². The Bertz CT molecular complexity index is 1140. The molecule has 3 aliphatic rings. The van der Waals surface area contributed by atoms with Crippen molar-refractivity contribution in [1.82, 2.24) is 9.80 Å². The first kappa shape index (κ1) is 22.2. The number of amides is 1. The minimum Gasteiger partial charge on any atom is -0.507 e. The number of hydrogen-bond donors (Lipinski definition) is 1. The van der Waals surface area contributed by atoms with E-state index in [1.807, 2.05) is 18.2 Å². The van der Waals surface area contributed by atoms with Gasteiger partial charge in [-0.05, 0) is 24.3 Å². The molecule has 9 heteroatoms. The van der Waals surface area contributed by atoms with E-state index in [9.17, 15) is 14.7 Å². The minimum absolute atomic E-state index is 0.0235. The second-order valence-corrected chi connectivity index (χ2v) is 8.26. The average Bonchev–Trinajstić information content (AvgIpc) is 3.45. The lowest BCUT2D eigenvalue weighted by atomic mass is 9.94. The van der Waals surface area contributed by atoms with Crippen molar-refractivity contribution >= 4 is 17.4 Å². The Hall–Kier alpha value is -3.56. The molecule has 9 nitrogen and oxygen atoms in total. The second-order valence-electron chi connectivity index (χ2n) is 8.26. The Labute approximate surface area is 197 Å². The van der Waals surface area contributed by atoms with Gasteiger partial charge in [-0.1, -0.05) is 18.2 Å². The van der Waals surface area contributed by atoms with Crippen LogP contribution in [-0.4, -0.2) is 79.9 Å². The van der Waals surface area contributed by atoms with Gasteiger partial charge < -0.3 is 29.0 Å². The van der Waals surface area contributed by atoms with Gasteiger partial charge in [-0.25, -0.2) is 0 Å². The van der Waals surface area contributed by atoms with Gasteiger partial charge in [0.15, 0.2) is 11.5 Å². The summed E-state index contributed by atoms with van der Waals surface area (Å²) < 4.78 is 21.7. The maximum atomic E-state index is 13.3. The molecule has 178 valence electrons. The number of aliphatic hydroxyl groups excluding tert-OH is 1. The largest absolute Gasteiger partial charge is 0.507 e. The predicted octanol–water partition coefficient (Wildman–Crippen LogP) is 2.18. The summed E-state index contributed by atoms with van der Waals surface area (Å²) in [5.74, 6) is -0.0773. The van der Waals surface area contributed by atoms with Gasteiger partial charge in [0.25, 0.3) is 11.7 Å². The normalized spacial score (nSPS) is 21.8. The van der Waals surface area contributed by atoms with Gasteiger partial charge >= 0.3 is 0 Å². The zero-order chi connectivity index (χ0) is 23.7. The molecule has 34 heavy (non-hydrogen) atoms. The molecule has 0 saturated carbocycles. The maximum Gasteiger partial charge on any atom is 0.295 e. The van der Waals surface area contributed by atoms with Crippen LogP contribution in [0.2, 0.25) is 0 Å². The Morgan fingerprint density at radius 1 is 1.06 bits per heavy atom. The maximum absolute atomic E-state index is 13.3. The fourth-order valence-electron chi connectivity index (χ4n) is 4.60. The molecule has 5 rings (SSSR count). The molecule has 0 radical (unpaired) electrons. The third-order valence-corrected chi connectivity index (χ3v) is 6.38. The molecule has 3 aliphatic heterocycles. The van der Waals surface area contributed by atoms with E-state index in [0.29, 0.717) is 54.7 Å². The van der Waals surface area contributed by atoms with Gasteiger partial charge in [0, 0.05) is 37.3 Å². The summed E-state index contributed by atoms with van der Waals surface area (Å²) in [6.45, 7) is 3.81. The molecular weight excluding hydrogens is 440 g/mol. The molecule has 1 N–H and O–H groups in total. The third kappa shape index (κ3) is 3.97. The average molecular weight is 466 g/mol. The lowest BCUT2D eigenvalue weighted by Crippen LogP contribution is -2.42. The van der Waals surface area contributed by atoms with Crippen molar-refractivity contribution in [2.24, 2.45) is 0 Å². The third-order valence-electron chi connectivity index (χ3n) is 6.38. The number of aliphatic hydroxyl groups is 1. The quantitative estimate of drug-likeness (QED) is 0.393. The van der Waals surface area contributed by atoms with Crippen LogP contribution >= 0.6 is 0 Å². The first-order chi connectivity index (χ1) is 16.6. The van der Waals surface area contributed by atoms with Crippen molar-refractivity contribution in [2.75, 3.05) is 53.3 Å². The van der Waals surface area contributed by atoms with Gasteiger partial charge in [0.1, 0.15) is 11.5 Å².